The molecule has 1 aliphatic heterocycles. The van der Waals surface area contributed by atoms with Crippen molar-refractivity contribution < 1.29 is 14.7 Å². The first-order chi connectivity index (χ1) is 12.9. The third-order valence-electron chi connectivity index (χ3n) is 4.43. The number of aryl methyl sites for hydroxylation is 1. The Morgan fingerprint density at radius 2 is 2.33 bits per heavy atom. The summed E-state index contributed by atoms with van der Waals surface area (Å²) in [6.07, 6.45) is 1.43. The number of nitrogens with one attached hydrogen (secondary N) is 1. The first kappa shape index (κ1) is 20.2. The summed E-state index contributed by atoms with van der Waals surface area (Å²) in [4.78, 5) is 29.1. The Balaban J connectivity index is 1.52. The number of carbonyl (C=O) groups excluding carboxylic acids is 1. The molecule has 2 heterocycles. The van der Waals surface area contributed by atoms with Crippen molar-refractivity contribution in [2.24, 2.45) is 0 Å². The van der Waals surface area contributed by atoms with E-state index in [1.54, 1.807) is 5.38 Å². The fourth-order valence-corrected chi connectivity index (χ4v) is 5.30. The van der Waals surface area contributed by atoms with E-state index in [1.165, 1.54) is 23.1 Å². The number of aromatic carboxylic acids is 1. The number of hydrogen-bond donors (Lipinski definition) is 2. The predicted molar refractivity (Wildman–Crippen MR) is 112 cm³/mol. The van der Waals surface area contributed by atoms with Gasteiger partial charge in [0, 0.05) is 46.8 Å². The summed E-state index contributed by atoms with van der Waals surface area (Å²) in [6.45, 7) is 3.41. The van der Waals surface area contributed by atoms with E-state index in [2.05, 4.69) is 39.2 Å². The Morgan fingerprint density at radius 3 is 3.04 bits per heavy atom. The molecule has 6 nitrogen and oxygen atoms in total. The van der Waals surface area contributed by atoms with Gasteiger partial charge in [-0.3, -0.25) is 4.79 Å². The molecule has 1 aromatic heterocycles. The quantitative estimate of drug-likeness (QED) is 0.566. The fourth-order valence-electron chi connectivity index (χ4n) is 3.02. The molecule has 1 saturated heterocycles. The van der Waals surface area contributed by atoms with E-state index in [0.29, 0.717) is 18.7 Å². The van der Waals surface area contributed by atoms with Crippen LogP contribution in [0, 0.1) is 6.92 Å². The summed E-state index contributed by atoms with van der Waals surface area (Å²) in [7, 11) is 0. The van der Waals surface area contributed by atoms with Gasteiger partial charge in [-0.2, -0.15) is 0 Å². The molecule has 1 amide bonds. The Hall–Kier alpha value is -1.58. The highest BCUT2D eigenvalue weighted by Gasteiger charge is 2.30. The Kier molecular flexibility index (Phi) is 6.78. The zero-order chi connectivity index (χ0) is 19.4. The lowest BCUT2D eigenvalue weighted by Gasteiger charge is -2.25. The molecule has 1 fully saturated rings. The number of anilines is 1. The number of carboxylic acid groups (broad SMARTS) is 1. The van der Waals surface area contributed by atoms with Gasteiger partial charge in [-0.15, -0.1) is 11.3 Å². The van der Waals surface area contributed by atoms with Gasteiger partial charge in [0.2, 0.25) is 5.91 Å². The minimum Gasteiger partial charge on any atom is -0.476 e. The lowest BCUT2D eigenvalue weighted by atomic mass is 10.1. The largest absolute Gasteiger partial charge is 0.476 e. The highest BCUT2D eigenvalue weighted by Crippen LogP contribution is 2.26. The third kappa shape index (κ3) is 5.24. The molecule has 3 rings (SSSR count). The maximum absolute atomic E-state index is 12.2. The third-order valence-corrected chi connectivity index (χ3v) is 6.92. The van der Waals surface area contributed by atoms with Gasteiger partial charge in [-0.25, -0.2) is 9.78 Å². The molecule has 0 bridgehead atoms. The van der Waals surface area contributed by atoms with Crippen LogP contribution in [0.2, 0.25) is 0 Å². The van der Waals surface area contributed by atoms with E-state index in [-0.39, 0.29) is 17.6 Å². The second-order valence-electron chi connectivity index (χ2n) is 6.27. The Morgan fingerprint density at radius 1 is 1.52 bits per heavy atom. The van der Waals surface area contributed by atoms with E-state index >= 15 is 0 Å². The molecule has 144 valence electrons. The van der Waals surface area contributed by atoms with Gasteiger partial charge in [0.1, 0.15) is 0 Å². The summed E-state index contributed by atoms with van der Waals surface area (Å²) in [5.74, 6) is -0.131. The molecule has 1 atom stereocenters. The minimum atomic E-state index is -1.01. The van der Waals surface area contributed by atoms with Crippen molar-refractivity contribution in [3.8, 4) is 0 Å². The van der Waals surface area contributed by atoms with Gasteiger partial charge >= 0.3 is 5.97 Å². The SMILES string of the molecule is Cc1cc(Br)ccc1NCC1CCC(=O)N1CCSc1nc(C(=O)O)cs1. The van der Waals surface area contributed by atoms with Gasteiger partial charge < -0.3 is 15.3 Å². The van der Waals surface area contributed by atoms with Crippen LogP contribution in [0.4, 0.5) is 5.69 Å². The number of aromatic nitrogens is 1. The number of carbonyl (C=O) groups is 2. The van der Waals surface area contributed by atoms with Crippen molar-refractivity contribution in [3.05, 3.63) is 39.3 Å². The standard InChI is InChI=1S/C18H20BrN3O3S2/c1-11-8-12(19)2-4-14(11)20-9-13-3-5-16(23)22(13)6-7-26-18-21-15(10-27-18)17(24)25/h2,4,8,10,13,20H,3,5-7,9H2,1H3,(H,24,25). The van der Waals surface area contributed by atoms with Gasteiger partial charge in [0.15, 0.2) is 10.0 Å². The van der Waals surface area contributed by atoms with E-state index in [9.17, 15) is 9.59 Å². The summed E-state index contributed by atoms with van der Waals surface area (Å²) >= 11 is 6.28. The zero-order valence-corrected chi connectivity index (χ0v) is 18.0. The van der Waals surface area contributed by atoms with Crippen LogP contribution in [-0.2, 0) is 4.79 Å². The average Bonchev–Trinajstić information content (AvgIpc) is 3.22. The van der Waals surface area contributed by atoms with Crippen molar-refractivity contribution in [3.63, 3.8) is 0 Å². The lowest BCUT2D eigenvalue weighted by Crippen LogP contribution is -2.39. The Bertz CT molecular complexity index is 843. The number of nitrogens with zero attached hydrogens (tertiary/aromatic N) is 2. The van der Waals surface area contributed by atoms with Crippen molar-refractivity contribution in [2.45, 2.75) is 30.1 Å². The number of thiazole rings is 1. The molecule has 0 saturated carbocycles. The van der Waals surface area contributed by atoms with Crippen LogP contribution in [0.1, 0.15) is 28.9 Å². The molecule has 2 N–H and O–H groups in total. The highest BCUT2D eigenvalue weighted by molar-refractivity contribution is 9.10. The summed E-state index contributed by atoms with van der Waals surface area (Å²) in [5.41, 5.74) is 2.32. The molecule has 27 heavy (non-hydrogen) atoms. The molecule has 1 aromatic carbocycles. The number of carboxylic acids is 1. The molecule has 0 spiro atoms. The van der Waals surface area contributed by atoms with E-state index in [0.717, 1.165) is 33.0 Å². The molecule has 1 aliphatic rings. The number of halogens is 1. The molecular formula is C18H20BrN3O3S2. The number of benzene rings is 1. The number of likely N-dealkylation sites (tertiary alicyclic amines) is 1. The molecule has 2 aromatic rings. The number of hydrogen-bond acceptors (Lipinski definition) is 6. The average molecular weight is 470 g/mol. The van der Waals surface area contributed by atoms with Crippen LogP contribution in [0.15, 0.2) is 32.4 Å². The summed E-state index contributed by atoms with van der Waals surface area (Å²) in [6, 6.07) is 6.28. The van der Waals surface area contributed by atoms with E-state index < -0.39 is 5.97 Å². The molecule has 0 radical (unpaired) electrons. The number of rotatable bonds is 8. The van der Waals surface area contributed by atoms with Crippen molar-refractivity contribution >= 4 is 56.6 Å². The summed E-state index contributed by atoms with van der Waals surface area (Å²) < 4.78 is 1.77. The first-order valence-corrected chi connectivity index (χ1v) is 11.2. The van der Waals surface area contributed by atoms with E-state index in [1.807, 2.05) is 17.0 Å². The van der Waals surface area contributed by atoms with Gasteiger partial charge in [0.05, 0.1) is 0 Å². The van der Waals surface area contributed by atoms with Gasteiger partial charge in [-0.05, 0) is 37.1 Å². The topological polar surface area (TPSA) is 82.5 Å². The van der Waals surface area contributed by atoms with Crippen LogP contribution >= 0.6 is 39.0 Å². The fraction of sp³-hybridized carbons (Fsp3) is 0.389. The summed E-state index contributed by atoms with van der Waals surface area (Å²) in [5, 5.41) is 13.9. The minimum absolute atomic E-state index is 0.0756. The van der Waals surface area contributed by atoms with Gasteiger partial charge in [-0.1, -0.05) is 27.7 Å². The second kappa shape index (κ2) is 9.07. The number of amides is 1. The predicted octanol–water partition coefficient (Wildman–Crippen LogP) is 4.11. The molecule has 0 aliphatic carbocycles. The van der Waals surface area contributed by atoms with Crippen LogP contribution in [0.5, 0.6) is 0 Å². The smallest absolute Gasteiger partial charge is 0.355 e. The van der Waals surface area contributed by atoms with Crippen LogP contribution in [0.25, 0.3) is 0 Å². The lowest BCUT2D eigenvalue weighted by molar-refractivity contribution is -0.128. The molecule has 1 unspecified atom stereocenters. The molecular weight excluding hydrogens is 450 g/mol. The van der Waals surface area contributed by atoms with E-state index in [4.69, 9.17) is 5.11 Å². The maximum atomic E-state index is 12.2. The number of thioether (sulfide) groups is 1. The highest BCUT2D eigenvalue weighted by atomic mass is 79.9. The normalized spacial score (nSPS) is 16.7. The first-order valence-electron chi connectivity index (χ1n) is 8.55. The van der Waals surface area contributed by atoms with Gasteiger partial charge in [0.25, 0.3) is 0 Å². The van der Waals surface area contributed by atoms with Crippen LogP contribution in [-0.4, -0.2) is 51.8 Å². The maximum Gasteiger partial charge on any atom is 0.355 e. The molecule has 9 heteroatoms. The monoisotopic (exact) mass is 469 g/mol. The van der Waals surface area contributed by atoms with Crippen molar-refractivity contribution in [1.82, 2.24) is 9.88 Å². The van der Waals surface area contributed by atoms with Crippen LogP contribution < -0.4 is 5.32 Å². The Labute approximate surface area is 174 Å². The zero-order valence-electron chi connectivity index (χ0n) is 14.8. The van der Waals surface area contributed by atoms with Crippen molar-refractivity contribution in [2.75, 3.05) is 24.2 Å². The van der Waals surface area contributed by atoms with Crippen molar-refractivity contribution in [1.29, 1.82) is 0 Å². The second-order valence-corrected chi connectivity index (χ2v) is 9.39. The van der Waals surface area contributed by atoms with Crippen LogP contribution in [0.3, 0.4) is 0 Å².